The monoisotopic (exact) mass is 394 g/mol. The number of benzene rings is 2. The second-order valence-electron chi connectivity index (χ2n) is 6.55. The lowest BCUT2D eigenvalue weighted by atomic mass is 10.1. The van der Waals surface area contributed by atoms with E-state index in [9.17, 15) is 14.9 Å². The molecule has 150 valence electrons. The van der Waals surface area contributed by atoms with E-state index in [0.717, 1.165) is 16.9 Å². The van der Waals surface area contributed by atoms with Crippen LogP contribution < -0.4 is 10.1 Å². The van der Waals surface area contributed by atoms with Gasteiger partial charge in [0.15, 0.2) is 0 Å². The second-order valence-corrected chi connectivity index (χ2v) is 6.55. The number of nitro groups is 1. The van der Waals surface area contributed by atoms with Crippen LogP contribution in [0.1, 0.15) is 23.4 Å². The van der Waals surface area contributed by atoms with Crippen LogP contribution in [0.3, 0.4) is 0 Å². The predicted molar refractivity (Wildman–Crippen MR) is 107 cm³/mol. The Kier molecular flexibility index (Phi) is 6.57. The summed E-state index contributed by atoms with van der Waals surface area (Å²) in [4.78, 5) is 26.2. The van der Waals surface area contributed by atoms with Crippen molar-refractivity contribution in [3.05, 3.63) is 87.9 Å². The van der Waals surface area contributed by atoms with Crippen LogP contribution in [0, 0.1) is 17.0 Å². The molecule has 2 aromatic carbocycles. The molecule has 0 saturated carbocycles. The van der Waals surface area contributed by atoms with E-state index in [0.29, 0.717) is 25.5 Å². The first-order chi connectivity index (χ1) is 14.0. The van der Waals surface area contributed by atoms with Gasteiger partial charge in [-0.15, -0.1) is 0 Å². The first-order valence-electron chi connectivity index (χ1n) is 9.22. The highest BCUT2D eigenvalue weighted by Gasteiger charge is 2.15. The van der Waals surface area contributed by atoms with Crippen molar-refractivity contribution in [2.75, 3.05) is 0 Å². The van der Waals surface area contributed by atoms with E-state index in [1.54, 1.807) is 11.5 Å². The summed E-state index contributed by atoms with van der Waals surface area (Å²) in [7, 11) is 0. The maximum absolute atomic E-state index is 12.1. The Morgan fingerprint density at radius 3 is 2.66 bits per heavy atom. The summed E-state index contributed by atoms with van der Waals surface area (Å²) in [5.41, 5.74) is 1.99. The minimum atomic E-state index is -0.544. The molecule has 0 bridgehead atoms. The molecule has 1 amide bonds. The summed E-state index contributed by atoms with van der Waals surface area (Å²) >= 11 is 0. The largest absolute Gasteiger partial charge is 0.489 e. The molecule has 8 heteroatoms. The van der Waals surface area contributed by atoms with Crippen molar-refractivity contribution >= 4 is 11.7 Å². The number of imidazole rings is 1. The number of hydrogen-bond acceptors (Lipinski definition) is 5. The van der Waals surface area contributed by atoms with Crippen molar-refractivity contribution < 1.29 is 14.5 Å². The van der Waals surface area contributed by atoms with Crippen LogP contribution >= 0.6 is 0 Å². The Balaban J connectivity index is 1.47. The highest BCUT2D eigenvalue weighted by Crippen LogP contribution is 2.13. The Hall–Kier alpha value is -3.68. The highest BCUT2D eigenvalue weighted by molar-refractivity contribution is 5.75. The lowest BCUT2D eigenvalue weighted by molar-refractivity contribution is -0.389. The second kappa shape index (κ2) is 9.50. The molecule has 0 radical (unpaired) electrons. The third kappa shape index (κ3) is 5.90. The summed E-state index contributed by atoms with van der Waals surface area (Å²) in [6.07, 6.45) is 1.56. The molecule has 0 atom stereocenters. The highest BCUT2D eigenvalue weighted by atomic mass is 16.6. The quantitative estimate of drug-likeness (QED) is 0.443. The number of aryl methyl sites for hydroxylation is 2. The molecule has 0 aliphatic rings. The van der Waals surface area contributed by atoms with Crippen LogP contribution in [0.25, 0.3) is 0 Å². The maximum atomic E-state index is 12.1. The molecule has 0 saturated heterocycles. The third-order valence-electron chi connectivity index (χ3n) is 4.36. The number of carbonyl (C=O) groups excluding carboxylic acids is 1. The number of nitrogens with zero attached hydrogens (tertiary/aromatic N) is 3. The number of nitrogens with one attached hydrogen (secondary N) is 1. The lowest BCUT2D eigenvalue weighted by Crippen LogP contribution is -2.24. The van der Waals surface area contributed by atoms with Gasteiger partial charge in [-0.2, -0.15) is 0 Å². The van der Waals surface area contributed by atoms with Gasteiger partial charge >= 0.3 is 5.82 Å². The van der Waals surface area contributed by atoms with Crippen molar-refractivity contribution in [1.82, 2.24) is 14.9 Å². The molecule has 29 heavy (non-hydrogen) atoms. The number of amides is 1. The van der Waals surface area contributed by atoms with Gasteiger partial charge in [0.05, 0.1) is 0 Å². The fraction of sp³-hybridized carbons (Fsp3) is 0.238. The maximum Gasteiger partial charge on any atom is 0.381 e. The number of rotatable bonds is 9. The Morgan fingerprint density at radius 1 is 1.17 bits per heavy atom. The van der Waals surface area contributed by atoms with E-state index in [1.165, 1.54) is 6.20 Å². The van der Waals surface area contributed by atoms with E-state index in [-0.39, 0.29) is 18.1 Å². The van der Waals surface area contributed by atoms with Crippen LogP contribution in [-0.4, -0.2) is 20.4 Å². The van der Waals surface area contributed by atoms with E-state index >= 15 is 0 Å². The summed E-state index contributed by atoms with van der Waals surface area (Å²) in [5.74, 6) is 0.973. The SMILES string of the molecule is Cc1nc([N+](=O)[O-])cn1CCC(=O)NCc1cccc(COc2ccccc2)c1. The fourth-order valence-electron chi connectivity index (χ4n) is 2.83. The van der Waals surface area contributed by atoms with Crippen molar-refractivity contribution in [3.8, 4) is 5.75 Å². The van der Waals surface area contributed by atoms with Gasteiger partial charge in [0, 0.05) is 26.4 Å². The molecule has 0 fully saturated rings. The van der Waals surface area contributed by atoms with Gasteiger partial charge in [-0.25, -0.2) is 0 Å². The first-order valence-corrected chi connectivity index (χ1v) is 9.22. The predicted octanol–water partition coefficient (Wildman–Crippen LogP) is 3.39. The Bertz CT molecular complexity index is 985. The van der Waals surface area contributed by atoms with Gasteiger partial charge < -0.3 is 24.7 Å². The van der Waals surface area contributed by atoms with Gasteiger partial charge in [0.1, 0.15) is 18.6 Å². The van der Waals surface area contributed by atoms with E-state index in [1.807, 2.05) is 54.6 Å². The van der Waals surface area contributed by atoms with Gasteiger partial charge in [-0.1, -0.05) is 42.5 Å². The smallest absolute Gasteiger partial charge is 0.381 e. The molecule has 3 aromatic rings. The summed E-state index contributed by atoms with van der Waals surface area (Å²) < 4.78 is 7.36. The number of carbonyl (C=O) groups is 1. The number of aromatic nitrogens is 2. The van der Waals surface area contributed by atoms with Crippen molar-refractivity contribution in [1.29, 1.82) is 0 Å². The zero-order valence-corrected chi connectivity index (χ0v) is 16.1. The van der Waals surface area contributed by atoms with Crippen molar-refractivity contribution in [3.63, 3.8) is 0 Å². The van der Waals surface area contributed by atoms with Crippen molar-refractivity contribution in [2.45, 2.75) is 33.0 Å². The molecule has 0 aliphatic carbocycles. The van der Waals surface area contributed by atoms with Crippen LogP contribution in [-0.2, 0) is 24.5 Å². The van der Waals surface area contributed by atoms with Crippen molar-refractivity contribution in [2.24, 2.45) is 0 Å². The van der Waals surface area contributed by atoms with Gasteiger partial charge in [0.25, 0.3) is 0 Å². The molecule has 0 aliphatic heterocycles. The normalized spacial score (nSPS) is 10.5. The molecule has 1 heterocycles. The van der Waals surface area contributed by atoms with Crippen LogP contribution in [0.5, 0.6) is 5.75 Å². The minimum absolute atomic E-state index is 0.133. The molecule has 0 spiro atoms. The molecule has 8 nitrogen and oxygen atoms in total. The van der Waals surface area contributed by atoms with Crippen LogP contribution in [0.4, 0.5) is 5.82 Å². The Labute approximate surface area is 168 Å². The van der Waals surface area contributed by atoms with Crippen LogP contribution in [0.15, 0.2) is 60.8 Å². The third-order valence-corrected chi connectivity index (χ3v) is 4.36. The zero-order valence-electron chi connectivity index (χ0n) is 16.1. The molecule has 3 rings (SSSR count). The number of hydrogen-bond donors (Lipinski definition) is 1. The Morgan fingerprint density at radius 2 is 1.93 bits per heavy atom. The molecule has 1 N–H and O–H groups in total. The minimum Gasteiger partial charge on any atom is -0.489 e. The average molecular weight is 394 g/mol. The van der Waals surface area contributed by atoms with Gasteiger partial charge in [-0.05, 0) is 33.2 Å². The standard InChI is InChI=1S/C21H22N4O4/c1-16-23-20(25(27)28)14-24(16)11-10-21(26)22-13-17-6-5-7-18(12-17)15-29-19-8-3-2-4-9-19/h2-9,12,14H,10-11,13,15H2,1H3,(H,22,26). The fourth-order valence-corrected chi connectivity index (χ4v) is 2.83. The van der Waals surface area contributed by atoms with Gasteiger partial charge in [0.2, 0.25) is 11.7 Å². The summed E-state index contributed by atoms with van der Waals surface area (Å²) in [6.45, 7) is 2.86. The van der Waals surface area contributed by atoms with Gasteiger partial charge in [-0.3, -0.25) is 4.79 Å². The molecule has 1 aromatic heterocycles. The molecule has 0 unspecified atom stereocenters. The van der Waals surface area contributed by atoms with Crippen LogP contribution in [0.2, 0.25) is 0 Å². The van der Waals surface area contributed by atoms with E-state index < -0.39 is 4.92 Å². The summed E-state index contributed by atoms with van der Waals surface area (Å²) in [5, 5.41) is 13.6. The topological polar surface area (TPSA) is 99.3 Å². The molecular formula is C21H22N4O4. The number of ether oxygens (including phenoxy) is 1. The number of para-hydroxylation sites is 1. The molecular weight excluding hydrogens is 372 g/mol. The van der Waals surface area contributed by atoms with E-state index in [2.05, 4.69) is 10.3 Å². The lowest BCUT2D eigenvalue weighted by Gasteiger charge is -2.09. The average Bonchev–Trinajstić information content (AvgIpc) is 3.11. The zero-order chi connectivity index (χ0) is 20.6. The van der Waals surface area contributed by atoms with E-state index in [4.69, 9.17) is 4.74 Å². The first kappa shape index (κ1) is 20.1. The summed E-state index contributed by atoms with van der Waals surface area (Å²) in [6, 6.07) is 17.4.